The zero-order valence-corrected chi connectivity index (χ0v) is 8.79. The van der Waals surface area contributed by atoms with Gasteiger partial charge in [0, 0.05) is 6.08 Å². The molecule has 4 nitrogen and oxygen atoms in total. The van der Waals surface area contributed by atoms with Crippen molar-refractivity contribution in [1.29, 1.82) is 0 Å². The predicted octanol–water partition coefficient (Wildman–Crippen LogP) is 0.427. The average Bonchev–Trinajstić information content (AvgIpc) is 1.99. The standard InChI is InChI=1S/C6H4Br2O4/c7-5-4(11)2(9)1-3(10)6(5,8)12/h1,5,9,12H. The second kappa shape index (κ2) is 2.93. The number of halogens is 2. The molecule has 0 fully saturated rings. The molecule has 12 heavy (non-hydrogen) atoms. The lowest BCUT2D eigenvalue weighted by molar-refractivity contribution is -0.131. The van der Waals surface area contributed by atoms with Crippen LogP contribution >= 0.6 is 31.9 Å². The molecule has 6 heteroatoms. The first-order valence-corrected chi connectivity index (χ1v) is 4.63. The molecule has 2 N–H and O–H groups in total. The van der Waals surface area contributed by atoms with Gasteiger partial charge in [-0.1, -0.05) is 15.9 Å². The van der Waals surface area contributed by atoms with E-state index in [1.54, 1.807) is 0 Å². The third-order valence-corrected chi connectivity index (χ3v) is 3.97. The lowest BCUT2D eigenvalue weighted by Gasteiger charge is -2.26. The number of aliphatic hydroxyl groups excluding tert-OH is 1. The van der Waals surface area contributed by atoms with E-state index in [9.17, 15) is 14.7 Å². The number of carbonyl (C=O) groups excluding carboxylic acids is 2. The van der Waals surface area contributed by atoms with Crippen molar-refractivity contribution in [2.45, 2.75) is 9.34 Å². The highest BCUT2D eigenvalue weighted by molar-refractivity contribution is 9.13. The minimum Gasteiger partial charge on any atom is -0.504 e. The molecule has 66 valence electrons. The van der Waals surface area contributed by atoms with Crippen molar-refractivity contribution < 1.29 is 19.8 Å². The summed E-state index contributed by atoms with van der Waals surface area (Å²) in [6.45, 7) is 0. The molecular weight excluding hydrogens is 296 g/mol. The first-order chi connectivity index (χ1) is 5.37. The smallest absolute Gasteiger partial charge is 0.215 e. The van der Waals surface area contributed by atoms with Crippen molar-refractivity contribution in [3.05, 3.63) is 11.8 Å². The van der Waals surface area contributed by atoms with Crippen LogP contribution in [0, 0.1) is 0 Å². The molecule has 0 amide bonds. The van der Waals surface area contributed by atoms with E-state index in [4.69, 9.17) is 5.11 Å². The Bertz CT molecular complexity index is 281. The lowest BCUT2D eigenvalue weighted by Crippen LogP contribution is -2.48. The molecule has 2 unspecified atom stereocenters. The first kappa shape index (κ1) is 9.88. The van der Waals surface area contributed by atoms with Crippen LogP contribution in [0.4, 0.5) is 0 Å². The van der Waals surface area contributed by atoms with Gasteiger partial charge in [0.1, 0.15) is 4.83 Å². The normalized spacial score (nSPS) is 36.6. The highest BCUT2D eigenvalue weighted by Crippen LogP contribution is 2.32. The number of rotatable bonds is 0. The van der Waals surface area contributed by atoms with E-state index in [1.807, 2.05) is 0 Å². The Morgan fingerprint density at radius 1 is 1.50 bits per heavy atom. The van der Waals surface area contributed by atoms with Crippen molar-refractivity contribution in [2.75, 3.05) is 0 Å². The zero-order chi connectivity index (χ0) is 9.52. The predicted molar refractivity (Wildman–Crippen MR) is 47.3 cm³/mol. The number of aliphatic hydroxyl groups is 2. The Hall–Kier alpha value is -0.200. The SMILES string of the molecule is O=C1C(O)=CC(=O)C(O)(Br)C1Br. The number of ketones is 2. The fraction of sp³-hybridized carbons (Fsp3) is 0.333. The molecule has 1 aliphatic rings. The second-order valence-electron chi connectivity index (χ2n) is 2.29. The maximum atomic E-state index is 11.0. The maximum Gasteiger partial charge on any atom is 0.215 e. The maximum absolute atomic E-state index is 11.0. The van der Waals surface area contributed by atoms with Crippen molar-refractivity contribution in [1.82, 2.24) is 0 Å². The van der Waals surface area contributed by atoms with Crippen LogP contribution in [0.3, 0.4) is 0 Å². The quantitative estimate of drug-likeness (QED) is 0.636. The third kappa shape index (κ3) is 1.34. The van der Waals surface area contributed by atoms with Gasteiger partial charge in [0.15, 0.2) is 5.76 Å². The number of Topliss-reactive ketones (excluding diaryl/α,β-unsaturated/α-hetero) is 1. The third-order valence-electron chi connectivity index (χ3n) is 1.43. The van der Waals surface area contributed by atoms with E-state index >= 15 is 0 Å². The summed E-state index contributed by atoms with van der Waals surface area (Å²) in [5.41, 5.74) is 0. The summed E-state index contributed by atoms with van der Waals surface area (Å²) in [6, 6.07) is 0. The molecule has 0 radical (unpaired) electrons. The fourth-order valence-electron chi connectivity index (χ4n) is 0.725. The number of alkyl halides is 2. The molecule has 1 aliphatic carbocycles. The Morgan fingerprint density at radius 3 is 2.50 bits per heavy atom. The summed E-state index contributed by atoms with van der Waals surface area (Å²) >= 11 is 5.46. The summed E-state index contributed by atoms with van der Waals surface area (Å²) in [4.78, 5) is 20.8. The van der Waals surface area contributed by atoms with Gasteiger partial charge in [0.2, 0.25) is 16.1 Å². The topological polar surface area (TPSA) is 74.6 Å². The number of allylic oxidation sites excluding steroid dienone is 1. The van der Waals surface area contributed by atoms with Crippen LogP contribution in [0.25, 0.3) is 0 Å². The molecule has 0 aliphatic heterocycles. The van der Waals surface area contributed by atoms with Gasteiger partial charge in [-0.05, 0) is 15.9 Å². The number of carbonyl (C=O) groups is 2. The van der Waals surface area contributed by atoms with Crippen LogP contribution < -0.4 is 0 Å². The molecule has 0 saturated carbocycles. The Balaban J connectivity index is 3.17. The van der Waals surface area contributed by atoms with Gasteiger partial charge in [-0.3, -0.25) is 9.59 Å². The van der Waals surface area contributed by atoms with E-state index in [-0.39, 0.29) is 0 Å². The molecule has 0 aromatic heterocycles. The molecule has 0 aromatic rings. The van der Waals surface area contributed by atoms with Gasteiger partial charge in [-0.25, -0.2) is 0 Å². The largest absolute Gasteiger partial charge is 0.504 e. The van der Waals surface area contributed by atoms with Crippen molar-refractivity contribution >= 4 is 43.4 Å². The van der Waals surface area contributed by atoms with Crippen LogP contribution in [-0.4, -0.2) is 31.1 Å². The molecule has 0 saturated heterocycles. The molecule has 0 bridgehead atoms. The summed E-state index contributed by atoms with van der Waals surface area (Å²) in [7, 11) is 0. The van der Waals surface area contributed by atoms with Gasteiger partial charge < -0.3 is 10.2 Å². The summed E-state index contributed by atoms with van der Waals surface area (Å²) < 4.78 is -1.95. The highest BCUT2D eigenvalue weighted by Gasteiger charge is 2.47. The molecule has 0 aromatic carbocycles. The fourth-order valence-corrected chi connectivity index (χ4v) is 1.51. The zero-order valence-electron chi connectivity index (χ0n) is 5.62. The van der Waals surface area contributed by atoms with Gasteiger partial charge in [0.05, 0.1) is 0 Å². The Morgan fingerprint density at radius 2 is 2.00 bits per heavy atom. The average molecular weight is 300 g/mol. The minimum atomic E-state index is -1.95. The van der Waals surface area contributed by atoms with Gasteiger partial charge in [-0.15, -0.1) is 0 Å². The van der Waals surface area contributed by atoms with E-state index < -0.39 is 26.7 Å². The Kier molecular flexibility index (Phi) is 2.42. The van der Waals surface area contributed by atoms with Gasteiger partial charge >= 0.3 is 0 Å². The molecule has 0 spiro atoms. The summed E-state index contributed by atoms with van der Waals surface area (Å²) in [5, 5.41) is 18.2. The van der Waals surface area contributed by atoms with Crippen molar-refractivity contribution in [3.63, 3.8) is 0 Å². The van der Waals surface area contributed by atoms with Crippen LogP contribution in [-0.2, 0) is 9.59 Å². The second-order valence-corrected chi connectivity index (χ2v) is 4.42. The molecule has 0 heterocycles. The van der Waals surface area contributed by atoms with Crippen LogP contribution in [0.1, 0.15) is 0 Å². The van der Waals surface area contributed by atoms with Gasteiger partial charge in [0.25, 0.3) is 0 Å². The minimum absolute atomic E-state index is 0.647. The number of hydrogen-bond acceptors (Lipinski definition) is 4. The lowest BCUT2D eigenvalue weighted by atomic mass is 10.0. The van der Waals surface area contributed by atoms with E-state index in [0.717, 1.165) is 0 Å². The molecular formula is C6H4Br2O4. The molecule has 1 rings (SSSR count). The monoisotopic (exact) mass is 298 g/mol. The Labute approximate surface area is 84.5 Å². The first-order valence-electron chi connectivity index (χ1n) is 2.92. The van der Waals surface area contributed by atoms with Gasteiger partial charge in [-0.2, -0.15) is 0 Å². The van der Waals surface area contributed by atoms with Crippen molar-refractivity contribution in [3.8, 4) is 0 Å². The van der Waals surface area contributed by atoms with E-state index in [1.165, 1.54) is 0 Å². The highest BCUT2D eigenvalue weighted by atomic mass is 79.9. The number of hydrogen-bond donors (Lipinski definition) is 2. The van der Waals surface area contributed by atoms with E-state index in [2.05, 4.69) is 31.9 Å². The van der Waals surface area contributed by atoms with Crippen LogP contribution in [0.5, 0.6) is 0 Å². The van der Waals surface area contributed by atoms with E-state index in [0.29, 0.717) is 6.08 Å². The summed E-state index contributed by atoms with van der Waals surface area (Å²) in [5.74, 6) is -2.14. The summed E-state index contributed by atoms with van der Waals surface area (Å²) in [6.07, 6.45) is 0.689. The van der Waals surface area contributed by atoms with Crippen molar-refractivity contribution in [2.24, 2.45) is 0 Å². The van der Waals surface area contributed by atoms with Crippen LogP contribution in [0.15, 0.2) is 11.8 Å². The molecule has 2 atom stereocenters. The van der Waals surface area contributed by atoms with Crippen LogP contribution in [0.2, 0.25) is 0 Å².